The average Bonchev–Trinajstić information content (AvgIpc) is 2.75. The van der Waals surface area contributed by atoms with Gasteiger partial charge >= 0.3 is 6.03 Å². The largest absolute Gasteiger partial charge is 0.352 e. The van der Waals surface area contributed by atoms with Crippen molar-refractivity contribution in [1.82, 2.24) is 15.1 Å². The van der Waals surface area contributed by atoms with Crippen molar-refractivity contribution in [2.45, 2.75) is 12.5 Å². The Kier molecular flexibility index (Phi) is 7.55. The van der Waals surface area contributed by atoms with Crippen LogP contribution in [-0.2, 0) is 9.59 Å². The van der Waals surface area contributed by atoms with E-state index in [1.165, 1.54) is 24.3 Å². The molecule has 8 nitrogen and oxygen atoms in total. The molecule has 0 radical (unpaired) electrons. The summed E-state index contributed by atoms with van der Waals surface area (Å²) in [5.74, 6) is -0.640. The van der Waals surface area contributed by atoms with E-state index in [2.05, 4.69) is 10.6 Å². The summed E-state index contributed by atoms with van der Waals surface area (Å²) in [7, 11) is 0. The van der Waals surface area contributed by atoms with Crippen molar-refractivity contribution in [3.05, 3.63) is 66.0 Å². The summed E-state index contributed by atoms with van der Waals surface area (Å²) in [5, 5.41) is 5.37. The summed E-state index contributed by atoms with van der Waals surface area (Å²) >= 11 is 0. The number of nitrogens with zero attached hydrogens (tertiary/aromatic N) is 2. The van der Waals surface area contributed by atoms with E-state index in [1.807, 2.05) is 35.2 Å². The molecule has 1 unspecified atom stereocenters. The van der Waals surface area contributed by atoms with E-state index >= 15 is 0 Å². The van der Waals surface area contributed by atoms with Gasteiger partial charge in [-0.2, -0.15) is 0 Å². The van der Waals surface area contributed by atoms with E-state index < -0.39 is 12.1 Å². The Hall–Kier alpha value is -3.46. The average molecular weight is 427 g/mol. The molecule has 9 heteroatoms. The molecule has 1 saturated heterocycles. The number of halogens is 1. The van der Waals surface area contributed by atoms with Gasteiger partial charge in [0.15, 0.2) is 0 Å². The number of primary amides is 1. The maximum absolute atomic E-state index is 13.0. The SMILES string of the molecule is NC(=O)NC(CC(=O)N1CCN(CC(=O)Nc2ccc(F)cc2)CC1)c1ccccc1. The number of carbonyl (C=O) groups is 3. The Balaban J connectivity index is 1.47. The van der Waals surface area contributed by atoms with Crippen LogP contribution >= 0.6 is 0 Å². The molecular weight excluding hydrogens is 401 g/mol. The van der Waals surface area contributed by atoms with Gasteiger partial charge in [0.2, 0.25) is 11.8 Å². The van der Waals surface area contributed by atoms with Crippen LogP contribution < -0.4 is 16.4 Å². The van der Waals surface area contributed by atoms with E-state index in [9.17, 15) is 18.8 Å². The lowest BCUT2D eigenvalue weighted by molar-refractivity contribution is -0.133. The van der Waals surface area contributed by atoms with Gasteiger partial charge < -0.3 is 21.3 Å². The Morgan fingerprint density at radius 3 is 2.23 bits per heavy atom. The van der Waals surface area contributed by atoms with Crippen molar-refractivity contribution in [3.63, 3.8) is 0 Å². The van der Waals surface area contributed by atoms with Gasteiger partial charge in [-0.15, -0.1) is 0 Å². The van der Waals surface area contributed by atoms with Crippen LogP contribution in [-0.4, -0.2) is 60.4 Å². The van der Waals surface area contributed by atoms with Crippen molar-refractivity contribution in [1.29, 1.82) is 0 Å². The summed E-state index contributed by atoms with van der Waals surface area (Å²) in [5.41, 5.74) is 6.62. The zero-order chi connectivity index (χ0) is 22.2. The first kappa shape index (κ1) is 22.2. The number of nitrogens with two attached hydrogens (primary N) is 1. The monoisotopic (exact) mass is 427 g/mol. The van der Waals surface area contributed by atoms with Crippen molar-refractivity contribution in [2.24, 2.45) is 5.73 Å². The van der Waals surface area contributed by atoms with Crippen molar-refractivity contribution >= 4 is 23.5 Å². The molecule has 1 aliphatic rings. The van der Waals surface area contributed by atoms with E-state index in [0.717, 1.165) is 5.56 Å². The number of piperazine rings is 1. The van der Waals surface area contributed by atoms with Crippen LogP contribution in [0.3, 0.4) is 0 Å². The topological polar surface area (TPSA) is 108 Å². The predicted molar refractivity (Wildman–Crippen MR) is 115 cm³/mol. The summed E-state index contributed by atoms with van der Waals surface area (Å²) in [6.07, 6.45) is 0.109. The first-order valence-electron chi connectivity index (χ1n) is 10.1. The molecule has 4 N–H and O–H groups in total. The molecule has 0 spiro atoms. The summed E-state index contributed by atoms with van der Waals surface area (Å²) in [6, 6.07) is 13.6. The smallest absolute Gasteiger partial charge is 0.312 e. The standard InChI is InChI=1S/C22H26FN5O3/c23-17-6-8-18(9-7-17)25-20(29)15-27-10-12-28(13-11-27)21(30)14-19(26-22(24)31)16-4-2-1-3-5-16/h1-9,19H,10-15H2,(H,25,29)(H3,24,26,31). The fourth-order valence-corrected chi connectivity index (χ4v) is 3.51. The van der Waals surface area contributed by atoms with E-state index in [-0.39, 0.29) is 30.6 Å². The first-order chi connectivity index (χ1) is 14.9. The molecule has 2 aromatic carbocycles. The van der Waals surface area contributed by atoms with Crippen LogP contribution in [0.15, 0.2) is 54.6 Å². The first-order valence-corrected chi connectivity index (χ1v) is 10.1. The number of carbonyl (C=O) groups excluding carboxylic acids is 3. The third-order valence-corrected chi connectivity index (χ3v) is 5.12. The molecule has 4 amide bonds. The van der Waals surface area contributed by atoms with Gasteiger partial charge in [-0.25, -0.2) is 9.18 Å². The fraction of sp³-hybridized carbons (Fsp3) is 0.318. The summed E-state index contributed by atoms with van der Waals surface area (Å²) < 4.78 is 13.0. The Labute approximate surface area is 180 Å². The van der Waals surface area contributed by atoms with Crippen LogP contribution in [0.4, 0.5) is 14.9 Å². The molecule has 1 fully saturated rings. The molecular formula is C22H26FN5O3. The van der Waals surface area contributed by atoms with Gasteiger partial charge in [0.25, 0.3) is 0 Å². The predicted octanol–water partition coefficient (Wildman–Crippen LogP) is 1.71. The molecule has 164 valence electrons. The Morgan fingerprint density at radius 1 is 0.968 bits per heavy atom. The quantitative estimate of drug-likeness (QED) is 0.625. The molecule has 0 aliphatic carbocycles. The maximum Gasteiger partial charge on any atom is 0.312 e. The maximum atomic E-state index is 13.0. The molecule has 0 bridgehead atoms. The highest BCUT2D eigenvalue weighted by atomic mass is 19.1. The van der Waals surface area contributed by atoms with E-state index in [4.69, 9.17) is 5.73 Å². The van der Waals surface area contributed by atoms with Gasteiger partial charge in [-0.3, -0.25) is 14.5 Å². The second-order valence-electron chi connectivity index (χ2n) is 7.39. The molecule has 1 aliphatic heterocycles. The van der Waals surface area contributed by atoms with Crippen LogP contribution in [0.5, 0.6) is 0 Å². The molecule has 1 heterocycles. The molecule has 2 aromatic rings. The third-order valence-electron chi connectivity index (χ3n) is 5.12. The van der Waals surface area contributed by atoms with Crippen LogP contribution in [0.2, 0.25) is 0 Å². The number of urea groups is 1. The van der Waals surface area contributed by atoms with E-state index in [0.29, 0.717) is 31.9 Å². The number of rotatable bonds is 7. The Bertz CT molecular complexity index is 899. The van der Waals surface area contributed by atoms with Crippen LogP contribution in [0.1, 0.15) is 18.0 Å². The van der Waals surface area contributed by atoms with Gasteiger partial charge in [0.1, 0.15) is 5.82 Å². The minimum Gasteiger partial charge on any atom is -0.352 e. The van der Waals surface area contributed by atoms with Crippen molar-refractivity contribution < 1.29 is 18.8 Å². The summed E-state index contributed by atoms with van der Waals surface area (Å²) in [4.78, 5) is 40.0. The number of hydrogen-bond donors (Lipinski definition) is 3. The van der Waals surface area contributed by atoms with Crippen LogP contribution in [0, 0.1) is 5.82 Å². The zero-order valence-corrected chi connectivity index (χ0v) is 17.1. The minimum absolute atomic E-state index is 0.0852. The lowest BCUT2D eigenvalue weighted by Gasteiger charge is -2.35. The number of amides is 4. The van der Waals surface area contributed by atoms with Gasteiger partial charge in [-0.1, -0.05) is 30.3 Å². The summed E-state index contributed by atoms with van der Waals surface area (Å²) in [6.45, 7) is 2.28. The fourth-order valence-electron chi connectivity index (χ4n) is 3.51. The van der Waals surface area contributed by atoms with Crippen LogP contribution in [0.25, 0.3) is 0 Å². The van der Waals surface area contributed by atoms with Gasteiger partial charge in [0, 0.05) is 31.9 Å². The Morgan fingerprint density at radius 2 is 1.61 bits per heavy atom. The molecule has 0 saturated carbocycles. The normalized spacial score (nSPS) is 15.2. The highest BCUT2D eigenvalue weighted by molar-refractivity contribution is 5.92. The van der Waals surface area contributed by atoms with Crippen molar-refractivity contribution in [3.8, 4) is 0 Å². The highest BCUT2D eigenvalue weighted by Gasteiger charge is 2.25. The molecule has 3 rings (SSSR count). The number of anilines is 1. The second kappa shape index (κ2) is 10.5. The third kappa shape index (κ3) is 6.78. The van der Waals surface area contributed by atoms with E-state index in [1.54, 1.807) is 4.90 Å². The highest BCUT2D eigenvalue weighted by Crippen LogP contribution is 2.18. The molecule has 0 aromatic heterocycles. The lowest BCUT2D eigenvalue weighted by atomic mass is 10.0. The molecule has 1 atom stereocenters. The minimum atomic E-state index is -0.682. The van der Waals surface area contributed by atoms with Gasteiger partial charge in [0.05, 0.1) is 19.0 Å². The number of benzene rings is 2. The zero-order valence-electron chi connectivity index (χ0n) is 17.1. The molecule has 31 heavy (non-hydrogen) atoms. The number of hydrogen-bond acceptors (Lipinski definition) is 4. The van der Waals surface area contributed by atoms with Crippen molar-refractivity contribution in [2.75, 3.05) is 38.0 Å². The van der Waals surface area contributed by atoms with Gasteiger partial charge in [-0.05, 0) is 29.8 Å². The lowest BCUT2D eigenvalue weighted by Crippen LogP contribution is -2.51. The number of nitrogens with one attached hydrogen (secondary N) is 2. The second-order valence-corrected chi connectivity index (χ2v) is 7.39.